The monoisotopic (exact) mass is 272 g/mol. The van der Waals surface area contributed by atoms with Crippen LogP contribution in [0.2, 0.25) is 0 Å². The second-order valence-electron chi connectivity index (χ2n) is 4.04. The van der Waals surface area contributed by atoms with Crippen molar-refractivity contribution in [3.63, 3.8) is 0 Å². The summed E-state index contributed by atoms with van der Waals surface area (Å²) >= 11 is 0. The van der Waals surface area contributed by atoms with E-state index in [1.807, 2.05) is 0 Å². The van der Waals surface area contributed by atoms with Gasteiger partial charge in [-0.2, -0.15) is 0 Å². The van der Waals surface area contributed by atoms with Crippen molar-refractivity contribution in [2.45, 2.75) is 6.10 Å². The fourth-order valence-electron chi connectivity index (χ4n) is 1.62. The molecule has 0 saturated heterocycles. The number of anilines is 1. The number of aromatic nitrogens is 1. The van der Waals surface area contributed by atoms with Crippen LogP contribution in [0.5, 0.6) is 0 Å². The molecule has 2 aromatic rings. The van der Waals surface area contributed by atoms with Crippen molar-refractivity contribution in [2.24, 2.45) is 0 Å². The lowest BCUT2D eigenvalue weighted by atomic mass is 10.1. The average Bonchev–Trinajstić information content (AvgIpc) is 2.47. The first kappa shape index (κ1) is 13.7. The molecule has 0 aliphatic heterocycles. The number of carbonyl (C=O) groups excluding carboxylic acids is 1. The summed E-state index contributed by atoms with van der Waals surface area (Å²) in [5.74, 6) is -1.83. The Morgan fingerprint density at radius 3 is 2.50 bits per heavy atom. The number of carbonyl (C=O) groups is 2. The number of aliphatic hydroxyl groups is 1. The van der Waals surface area contributed by atoms with E-state index in [0.29, 0.717) is 5.56 Å². The maximum absolute atomic E-state index is 11.9. The number of hydrogen-bond donors (Lipinski definition) is 3. The Morgan fingerprint density at radius 2 is 1.85 bits per heavy atom. The molecule has 1 aromatic carbocycles. The Labute approximate surface area is 114 Å². The second-order valence-corrected chi connectivity index (χ2v) is 4.04. The normalized spacial score (nSPS) is 11.7. The van der Waals surface area contributed by atoms with Crippen LogP contribution in [0.1, 0.15) is 22.2 Å². The lowest BCUT2D eigenvalue weighted by molar-refractivity contribution is -0.124. The van der Waals surface area contributed by atoms with Crippen LogP contribution in [0.3, 0.4) is 0 Å². The third-order valence-electron chi connectivity index (χ3n) is 2.61. The molecule has 6 heteroatoms. The summed E-state index contributed by atoms with van der Waals surface area (Å²) < 4.78 is 0. The number of carboxylic acids is 1. The van der Waals surface area contributed by atoms with E-state index >= 15 is 0 Å². The quantitative estimate of drug-likeness (QED) is 0.782. The van der Waals surface area contributed by atoms with Crippen molar-refractivity contribution < 1.29 is 19.8 Å². The highest BCUT2D eigenvalue weighted by molar-refractivity contribution is 5.95. The zero-order valence-electron chi connectivity index (χ0n) is 10.4. The lowest BCUT2D eigenvalue weighted by Gasteiger charge is -2.11. The molecule has 1 unspecified atom stereocenters. The number of aliphatic hydroxyl groups excluding tert-OH is 1. The van der Waals surface area contributed by atoms with Gasteiger partial charge in [-0.1, -0.05) is 30.3 Å². The van der Waals surface area contributed by atoms with Gasteiger partial charge in [0.25, 0.3) is 5.91 Å². The van der Waals surface area contributed by atoms with Crippen LogP contribution >= 0.6 is 0 Å². The SMILES string of the molecule is O=C(O)c1cc(NC(=O)C(O)c2ccccc2)ccn1. The van der Waals surface area contributed by atoms with Crippen LogP contribution in [0, 0.1) is 0 Å². The summed E-state index contributed by atoms with van der Waals surface area (Å²) in [5.41, 5.74) is 0.534. The van der Waals surface area contributed by atoms with Crippen LogP contribution in [0.4, 0.5) is 5.69 Å². The Kier molecular flexibility index (Phi) is 4.07. The minimum atomic E-state index is -1.32. The Hall–Kier alpha value is -2.73. The van der Waals surface area contributed by atoms with Crippen molar-refractivity contribution in [3.05, 3.63) is 59.9 Å². The third kappa shape index (κ3) is 3.18. The Bertz CT molecular complexity index is 628. The Balaban J connectivity index is 2.12. The van der Waals surface area contributed by atoms with Gasteiger partial charge in [0.2, 0.25) is 0 Å². The molecule has 0 fully saturated rings. The van der Waals surface area contributed by atoms with Gasteiger partial charge in [-0.05, 0) is 17.7 Å². The maximum atomic E-state index is 11.9. The van der Waals surface area contributed by atoms with Crippen molar-refractivity contribution in [1.29, 1.82) is 0 Å². The van der Waals surface area contributed by atoms with E-state index in [9.17, 15) is 14.7 Å². The number of pyridine rings is 1. The molecule has 0 radical (unpaired) electrons. The number of benzene rings is 1. The number of hydrogen-bond acceptors (Lipinski definition) is 4. The molecule has 0 bridgehead atoms. The van der Waals surface area contributed by atoms with Crippen LogP contribution in [-0.4, -0.2) is 27.1 Å². The summed E-state index contributed by atoms with van der Waals surface area (Å²) in [7, 11) is 0. The minimum absolute atomic E-state index is 0.183. The van der Waals surface area contributed by atoms with Gasteiger partial charge < -0.3 is 15.5 Å². The third-order valence-corrected chi connectivity index (χ3v) is 2.61. The molecule has 1 heterocycles. The van der Waals surface area contributed by atoms with Crippen molar-refractivity contribution in [2.75, 3.05) is 5.32 Å². The molecule has 0 aliphatic rings. The van der Waals surface area contributed by atoms with Gasteiger partial charge in [0.05, 0.1) is 0 Å². The smallest absolute Gasteiger partial charge is 0.354 e. The highest BCUT2D eigenvalue weighted by atomic mass is 16.4. The molecule has 3 N–H and O–H groups in total. The van der Waals surface area contributed by atoms with Crippen molar-refractivity contribution in [3.8, 4) is 0 Å². The summed E-state index contributed by atoms with van der Waals surface area (Å²) in [6, 6.07) is 11.1. The summed E-state index contributed by atoms with van der Waals surface area (Å²) in [6.07, 6.45) is -0.0498. The maximum Gasteiger partial charge on any atom is 0.354 e. The predicted octanol–water partition coefficient (Wildman–Crippen LogP) is 1.45. The standard InChI is InChI=1S/C14H12N2O4/c17-12(9-4-2-1-3-5-9)13(18)16-10-6-7-15-11(8-10)14(19)20/h1-8,12,17H,(H,19,20)(H,15,16,18). The summed E-state index contributed by atoms with van der Waals surface area (Å²) in [6.45, 7) is 0. The highest BCUT2D eigenvalue weighted by Crippen LogP contribution is 2.15. The molecule has 20 heavy (non-hydrogen) atoms. The topological polar surface area (TPSA) is 99.5 Å². The number of carboxylic acid groups (broad SMARTS) is 1. The number of nitrogens with one attached hydrogen (secondary N) is 1. The van der Waals surface area contributed by atoms with E-state index in [0.717, 1.165) is 0 Å². The van der Waals surface area contributed by atoms with Gasteiger partial charge in [-0.3, -0.25) is 4.79 Å². The fraction of sp³-hybridized carbons (Fsp3) is 0.0714. The van der Waals surface area contributed by atoms with Gasteiger partial charge in [0.1, 0.15) is 5.69 Å². The van der Waals surface area contributed by atoms with E-state index in [2.05, 4.69) is 10.3 Å². The summed E-state index contributed by atoms with van der Waals surface area (Å²) in [5, 5.41) is 21.1. The molecule has 2 rings (SSSR count). The van der Waals surface area contributed by atoms with E-state index in [-0.39, 0.29) is 11.4 Å². The van der Waals surface area contributed by atoms with Crippen molar-refractivity contribution in [1.82, 2.24) is 4.98 Å². The number of aromatic carboxylic acids is 1. The van der Waals surface area contributed by atoms with Crippen molar-refractivity contribution >= 4 is 17.6 Å². The predicted molar refractivity (Wildman–Crippen MR) is 71.2 cm³/mol. The van der Waals surface area contributed by atoms with Crippen LogP contribution in [0.15, 0.2) is 48.7 Å². The van der Waals surface area contributed by atoms with Crippen LogP contribution < -0.4 is 5.32 Å². The molecule has 102 valence electrons. The number of rotatable bonds is 4. The Morgan fingerprint density at radius 1 is 1.15 bits per heavy atom. The molecule has 0 aliphatic carbocycles. The average molecular weight is 272 g/mol. The zero-order valence-corrected chi connectivity index (χ0v) is 10.4. The van der Waals surface area contributed by atoms with Gasteiger partial charge in [-0.15, -0.1) is 0 Å². The van der Waals surface area contributed by atoms with Gasteiger partial charge in [0, 0.05) is 11.9 Å². The molecule has 6 nitrogen and oxygen atoms in total. The zero-order chi connectivity index (χ0) is 14.5. The molecule has 0 spiro atoms. The fourth-order valence-corrected chi connectivity index (χ4v) is 1.62. The molecule has 1 amide bonds. The van der Waals surface area contributed by atoms with E-state index in [4.69, 9.17) is 5.11 Å². The van der Waals surface area contributed by atoms with E-state index in [1.165, 1.54) is 18.3 Å². The largest absolute Gasteiger partial charge is 0.477 e. The molecule has 1 aromatic heterocycles. The molecule has 0 saturated carbocycles. The minimum Gasteiger partial charge on any atom is -0.477 e. The van der Waals surface area contributed by atoms with Gasteiger partial charge in [-0.25, -0.2) is 9.78 Å². The first-order valence-electron chi connectivity index (χ1n) is 5.81. The van der Waals surface area contributed by atoms with Crippen LogP contribution in [-0.2, 0) is 4.79 Å². The van der Waals surface area contributed by atoms with Gasteiger partial charge >= 0.3 is 5.97 Å². The molecular weight excluding hydrogens is 260 g/mol. The number of amides is 1. The van der Waals surface area contributed by atoms with Crippen LogP contribution in [0.25, 0.3) is 0 Å². The molecule has 1 atom stereocenters. The lowest BCUT2D eigenvalue weighted by Crippen LogP contribution is -2.21. The second kappa shape index (κ2) is 5.94. The van der Waals surface area contributed by atoms with E-state index < -0.39 is 18.0 Å². The van der Waals surface area contributed by atoms with Gasteiger partial charge in [0.15, 0.2) is 6.10 Å². The first-order valence-corrected chi connectivity index (χ1v) is 5.81. The molecular formula is C14H12N2O4. The first-order chi connectivity index (χ1) is 9.58. The highest BCUT2D eigenvalue weighted by Gasteiger charge is 2.17. The van der Waals surface area contributed by atoms with E-state index in [1.54, 1.807) is 30.3 Å². The number of nitrogens with zero attached hydrogens (tertiary/aromatic N) is 1. The summed E-state index contributed by atoms with van der Waals surface area (Å²) in [4.78, 5) is 26.3.